The molecule has 2 aromatic heterocycles. The number of amides is 1. The van der Waals surface area contributed by atoms with Gasteiger partial charge in [-0.1, -0.05) is 5.16 Å². The fourth-order valence-corrected chi connectivity index (χ4v) is 2.81. The third-order valence-electron chi connectivity index (χ3n) is 3.85. The van der Waals surface area contributed by atoms with Crippen LogP contribution in [0.4, 0.5) is 0 Å². The molecule has 1 amide bonds. The Morgan fingerprint density at radius 2 is 2.27 bits per heavy atom. The van der Waals surface area contributed by atoms with Crippen LogP contribution in [0.1, 0.15) is 34.7 Å². The maximum Gasteiger partial charge on any atom is 0.251 e. The summed E-state index contributed by atoms with van der Waals surface area (Å²) in [4.78, 5) is 18.4. The van der Waals surface area contributed by atoms with Gasteiger partial charge in [-0.25, -0.2) is 0 Å². The van der Waals surface area contributed by atoms with E-state index < -0.39 is 0 Å². The minimum absolute atomic E-state index is 0.0356. The first kappa shape index (κ1) is 14.7. The third-order valence-corrected chi connectivity index (χ3v) is 3.85. The molecule has 1 atom stereocenters. The van der Waals surface area contributed by atoms with E-state index in [2.05, 4.69) is 20.4 Å². The van der Waals surface area contributed by atoms with Crippen molar-refractivity contribution >= 4 is 5.91 Å². The molecule has 3 rings (SSSR count). The highest BCUT2D eigenvalue weighted by Gasteiger charge is 2.22. The first-order valence-electron chi connectivity index (χ1n) is 7.56. The molecule has 0 aromatic carbocycles. The van der Waals surface area contributed by atoms with Crippen LogP contribution < -0.4 is 5.32 Å². The number of aryl methyl sites for hydroxylation is 1. The molecule has 1 aliphatic heterocycles. The zero-order chi connectivity index (χ0) is 15.4. The largest absolute Gasteiger partial charge is 0.361 e. The van der Waals surface area contributed by atoms with Crippen LogP contribution in [0.3, 0.4) is 0 Å². The minimum atomic E-state index is -0.0356. The molecule has 0 radical (unpaired) electrons. The summed E-state index contributed by atoms with van der Waals surface area (Å²) >= 11 is 0. The zero-order valence-corrected chi connectivity index (χ0v) is 12.7. The van der Waals surface area contributed by atoms with Crippen LogP contribution in [0.15, 0.2) is 35.1 Å². The van der Waals surface area contributed by atoms with Gasteiger partial charge < -0.3 is 9.84 Å². The summed E-state index contributed by atoms with van der Waals surface area (Å²) in [6, 6.07) is 5.59. The van der Waals surface area contributed by atoms with Crippen molar-refractivity contribution in [1.82, 2.24) is 20.4 Å². The fraction of sp³-hybridized carbons (Fsp3) is 0.438. The van der Waals surface area contributed by atoms with E-state index in [4.69, 9.17) is 4.52 Å². The van der Waals surface area contributed by atoms with Crippen molar-refractivity contribution in [2.24, 2.45) is 0 Å². The number of hydrogen-bond donors (Lipinski definition) is 1. The summed E-state index contributed by atoms with van der Waals surface area (Å²) in [7, 11) is 0. The van der Waals surface area contributed by atoms with Crippen molar-refractivity contribution in [1.29, 1.82) is 0 Å². The van der Waals surface area contributed by atoms with Crippen molar-refractivity contribution < 1.29 is 9.32 Å². The lowest BCUT2D eigenvalue weighted by Crippen LogP contribution is -2.47. The number of rotatable bonds is 4. The van der Waals surface area contributed by atoms with E-state index in [0.29, 0.717) is 5.56 Å². The van der Waals surface area contributed by atoms with Gasteiger partial charge in [-0.05, 0) is 38.4 Å². The van der Waals surface area contributed by atoms with E-state index in [0.717, 1.165) is 43.9 Å². The van der Waals surface area contributed by atoms with Gasteiger partial charge in [-0.2, -0.15) is 0 Å². The second kappa shape index (κ2) is 6.70. The van der Waals surface area contributed by atoms with Crippen molar-refractivity contribution in [3.05, 3.63) is 47.6 Å². The predicted molar refractivity (Wildman–Crippen MR) is 81.2 cm³/mol. The Labute approximate surface area is 129 Å². The Balaban J connectivity index is 1.55. The molecule has 0 spiro atoms. The number of carbonyl (C=O) groups is 1. The fourth-order valence-electron chi connectivity index (χ4n) is 2.81. The van der Waals surface area contributed by atoms with Crippen LogP contribution in [0.2, 0.25) is 0 Å². The average molecular weight is 300 g/mol. The standard InChI is InChI=1S/C16H20N4O2/c1-12-9-15(19-22-12)11-20-8-2-3-14(10-20)18-16(21)13-4-6-17-7-5-13/h4-7,9,14H,2-3,8,10-11H2,1H3,(H,18,21). The molecule has 6 nitrogen and oxygen atoms in total. The predicted octanol–water partition coefficient (Wildman–Crippen LogP) is 1.77. The maximum atomic E-state index is 12.2. The number of nitrogens with zero attached hydrogens (tertiary/aromatic N) is 3. The van der Waals surface area contributed by atoms with Gasteiger partial charge in [-0.15, -0.1) is 0 Å². The summed E-state index contributed by atoms with van der Waals surface area (Å²) in [5, 5.41) is 7.14. The van der Waals surface area contributed by atoms with E-state index in [1.54, 1.807) is 24.5 Å². The van der Waals surface area contributed by atoms with Crippen LogP contribution in [0.5, 0.6) is 0 Å². The van der Waals surface area contributed by atoms with E-state index in [1.165, 1.54) is 0 Å². The van der Waals surface area contributed by atoms with E-state index in [9.17, 15) is 4.79 Å². The van der Waals surface area contributed by atoms with Crippen molar-refractivity contribution in [3.63, 3.8) is 0 Å². The summed E-state index contributed by atoms with van der Waals surface area (Å²) < 4.78 is 5.10. The summed E-state index contributed by atoms with van der Waals surface area (Å²) in [6.45, 7) is 4.51. The van der Waals surface area contributed by atoms with Gasteiger partial charge in [0.1, 0.15) is 5.76 Å². The molecular weight excluding hydrogens is 280 g/mol. The number of likely N-dealkylation sites (tertiary alicyclic amines) is 1. The molecule has 1 unspecified atom stereocenters. The molecule has 0 saturated carbocycles. The van der Waals surface area contributed by atoms with Crippen molar-refractivity contribution in [2.75, 3.05) is 13.1 Å². The number of nitrogens with one attached hydrogen (secondary N) is 1. The lowest BCUT2D eigenvalue weighted by Gasteiger charge is -2.32. The molecule has 22 heavy (non-hydrogen) atoms. The van der Waals surface area contributed by atoms with Crippen LogP contribution in [-0.4, -0.2) is 40.1 Å². The number of aromatic nitrogens is 2. The Bertz CT molecular complexity index is 626. The highest BCUT2D eigenvalue weighted by molar-refractivity contribution is 5.94. The first-order chi connectivity index (χ1) is 10.7. The van der Waals surface area contributed by atoms with E-state index >= 15 is 0 Å². The maximum absolute atomic E-state index is 12.2. The second-order valence-corrected chi connectivity index (χ2v) is 5.71. The van der Waals surface area contributed by atoms with Gasteiger partial charge >= 0.3 is 0 Å². The van der Waals surface area contributed by atoms with Gasteiger partial charge in [0, 0.05) is 43.2 Å². The summed E-state index contributed by atoms with van der Waals surface area (Å²) in [5.74, 6) is 0.793. The topological polar surface area (TPSA) is 71.3 Å². The molecule has 116 valence electrons. The lowest BCUT2D eigenvalue weighted by molar-refractivity contribution is 0.0899. The van der Waals surface area contributed by atoms with E-state index in [-0.39, 0.29) is 11.9 Å². The second-order valence-electron chi connectivity index (χ2n) is 5.71. The first-order valence-corrected chi connectivity index (χ1v) is 7.56. The van der Waals surface area contributed by atoms with Gasteiger partial charge in [-0.3, -0.25) is 14.7 Å². The Hall–Kier alpha value is -2.21. The molecule has 0 bridgehead atoms. The zero-order valence-electron chi connectivity index (χ0n) is 12.7. The molecule has 1 aliphatic rings. The quantitative estimate of drug-likeness (QED) is 0.932. The average Bonchev–Trinajstić information content (AvgIpc) is 2.93. The van der Waals surface area contributed by atoms with Gasteiger partial charge in [0.05, 0.1) is 5.69 Å². The Morgan fingerprint density at radius 3 is 3.00 bits per heavy atom. The van der Waals surface area contributed by atoms with Crippen LogP contribution in [0.25, 0.3) is 0 Å². The number of hydrogen-bond acceptors (Lipinski definition) is 5. The van der Waals surface area contributed by atoms with Crippen LogP contribution >= 0.6 is 0 Å². The third kappa shape index (κ3) is 3.71. The highest BCUT2D eigenvalue weighted by atomic mass is 16.5. The minimum Gasteiger partial charge on any atom is -0.361 e. The van der Waals surface area contributed by atoms with Crippen LogP contribution in [0, 0.1) is 6.92 Å². The Morgan fingerprint density at radius 1 is 1.45 bits per heavy atom. The number of pyridine rings is 1. The normalized spacial score (nSPS) is 19.0. The molecular formula is C16H20N4O2. The monoisotopic (exact) mass is 300 g/mol. The lowest BCUT2D eigenvalue weighted by atomic mass is 10.0. The Kier molecular flexibility index (Phi) is 4.48. The smallest absolute Gasteiger partial charge is 0.251 e. The number of carbonyl (C=O) groups excluding carboxylic acids is 1. The van der Waals surface area contributed by atoms with Gasteiger partial charge in [0.2, 0.25) is 0 Å². The van der Waals surface area contributed by atoms with Gasteiger partial charge in [0.25, 0.3) is 5.91 Å². The molecule has 1 N–H and O–H groups in total. The van der Waals surface area contributed by atoms with E-state index in [1.807, 2.05) is 13.0 Å². The van der Waals surface area contributed by atoms with Crippen LogP contribution in [-0.2, 0) is 6.54 Å². The van der Waals surface area contributed by atoms with Gasteiger partial charge in [0.15, 0.2) is 0 Å². The summed E-state index contributed by atoms with van der Waals surface area (Å²) in [6.07, 6.45) is 5.34. The molecule has 0 aliphatic carbocycles. The van der Waals surface area contributed by atoms with Crippen molar-refractivity contribution in [3.8, 4) is 0 Å². The molecule has 6 heteroatoms. The number of piperidine rings is 1. The molecule has 3 heterocycles. The SMILES string of the molecule is Cc1cc(CN2CCCC(NC(=O)c3ccncc3)C2)no1. The van der Waals surface area contributed by atoms with Crippen molar-refractivity contribution in [2.45, 2.75) is 32.4 Å². The molecule has 1 fully saturated rings. The molecule has 1 saturated heterocycles. The summed E-state index contributed by atoms with van der Waals surface area (Å²) in [5.41, 5.74) is 1.60. The molecule has 2 aromatic rings. The highest BCUT2D eigenvalue weighted by Crippen LogP contribution is 2.14.